The number of ether oxygens (including phenoxy) is 1. The molecule has 1 unspecified atom stereocenters. The quantitative estimate of drug-likeness (QED) is 0.736. The summed E-state index contributed by atoms with van der Waals surface area (Å²) in [6, 6.07) is 3.98. The zero-order chi connectivity index (χ0) is 13.8. The van der Waals surface area contributed by atoms with E-state index in [9.17, 15) is 9.90 Å². The van der Waals surface area contributed by atoms with Crippen LogP contribution in [0.15, 0.2) is 18.2 Å². The van der Waals surface area contributed by atoms with Gasteiger partial charge >= 0.3 is 0 Å². The van der Waals surface area contributed by atoms with Gasteiger partial charge in [0, 0.05) is 0 Å². The lowest BCUT2D eigenvalue weighted by molar-refractivity contribution is 0.0935. The monoisotopic (exact) mass is 263 g/mol. The molecule has 0 aliphatic carbocycles. The Morgan fingerprint density at radius 2 is 2.32 bits per heavy atom. The lowest BCUT2D eigenvalue weighted by Gasteiger charge is -2.11. The van der Waals surface area contributed by atoms with Crippen molar-refractivity contribution in [1.29, 1.82) is 0 Å². The third-order valence-electron chi connectivity index (χ3n) is 2.54. The van der Waals surface area contributed by atoms with Gasteiger partial charge in [-0.3, -0.25) is 4.79 Å². The Bertz CT molecular complexity index is 570. The van der Waals surface area contributed by atoms with Crippen LogP contribution in [-0.2, 0) is 0 Å². The van der Waals surface area contributed by atoms with E-state index in [2.05, 4.69) is 25.9 Å². The van der Waals surface area contributed by atoms with E-state index >= 15 is 0 Å². The van der Waals surface area contributed by atoms with Gasteiger partial charge in [-0.15, -0.1) is 10.2 Å². The number of aromatic amines is 1. The number of rotatable bonds is 4. The molecule has 100 valence electrons. The van der Waals surface area contributed by atoms with Crippen molar-refractivity contribution in [1.82, 2.24) is 25.9 Å². The first kappa shape index (κ1) is 12.8. The number of H-pyrrole nitrogens is 1. The predicted molar refractivity (Wildman–Crippen MR) is 64.7 cm³/mol. The molecule has 0 aliphatic heterocycles. The van der Waals surface area contributed by atoms with E-state index < -0.39 is 11.9 Å². The molecule has 1 amide bonds. The molecule has 8 nitrogen and oxygen atoms in total. The molecule has 0 saturated heterocycles. The summed E-state index contributed by atoms with van der Waals surface area (Å²) in [5.41, 5.74) is 0.120. The highest BCUT2D eigenvalue weighted by atomic mass is 16.5. The maximum absolute atomic E-state index is 12.0. The first-order valence-corrected chi connectivity index (χ1v) is 5.53. The van der Waals surface area contributed by atoms with Gasteiger partial charge in [0.05, 0.1) is 18.7 Å². The molecule has 0 spiro atoms. The standard InChI is InChI=1S/C11H13N5O3/c1-6(10-13-15-16-14-10)12-11(18)8-5-7(19-2)3-4-9(8)17/h3-6,17H,1-2H3,(H,12,18)(H,13,14,15,16). The maximum atomic E-state index is 12.0. The van der Waals surface area contributed by atoms with Crippen LogP contribution in [0.4, 0.5) is 0 Å². The zero-order valence-corrected chi connectivity index (χ0v) is 10.4. The van der Waals surface area contributed by atoms with E-state index in [1.165, 1.54) is 19.2 Å². The summed E-state index contributed by atoms with van der Waals surface area (Å²) < 4.78 is 5.01. The van der Waals surface area contributed by atoms with Gasteiger partial charge in [-0.2, -0.15) is 5.21 Å². The molecule has 1 heterocycles. The SMILES string of the molecule is COc1ccc(O)c(C(=O)NC(C)c2nn[nH]n2)c1. The maximum Gasteiger partial charge on any atom is 0.255 e. The van der Waals surface area contributed by atoms with E-state index in [-0.39, 0.29) is 11.3 Å². The molecule has 1 aromatic heterocycles. The van der Waals surface area contributed by atoms with E-state index in [0.29, 0.717) is 11.6 Å². The van der Waals surface area contributed by atoms with Gasteiger partial charge < -0.3 is 15.2 Å². The minimum atomic E-state index is -0.450. The number of carbonyl (C=O) groups excluding carboxylic acids is 1. The number of nitrogens with zero attached hydrogens (tertiary/aromatic N) is 3. The number of aromatic nitrogens is 4. The average Bonchev–Trinajstić information content (AvgIpc) is 2.93. The third kappa shape index (κ3) is 2.79. The number of amides is 1. The van der Waals surface area contributed by atoms with Crippen LogP contribution in [0.3, 0.4) is 0 Å². The Kier molecular flexibility index (Phi) is 3.60. The molecule has 2 rings (SSSR count). The molecule has 0 fully saturated rings. The lowest BCUT2D eigenvalue weighted by atomic mass is 10.1. The molecule has 0 saturated carbocycles. The minimum absolute atomic E-state index is 0.120. The van der Waals surface area contributed by atoms with Gasteiger partial charge in [0.15, 0.2) is 5.82 Å². The van der Waals surface area contributed by atoms with Crippen LogP contribution in [0.2, 0.25) is 0 Å². The number of methoxy groups -OCH3 is 1. The zero-order valence-electron chi connectivity index (χ0n) is 10.4. The van der Waals surface area contributed by atoms with Crippen LogP contribution in [0.1, 0.15) is 29.1 Å². The van der Waals surface area contributed by atoms with E-state index in [4.69, 9.17) is 4.74 Å². The molecule has 8 heteroatoms. The van der Waals surface area contributed by atoms with Crippen molar-refractivity contribution in [2.75, 3.05) is 7.11 Å². The first-order valence-electron chi connectivity index (χ1n) is 5.53. The number of benzene rings is 1. The van der Waals surface area contributed by atoms with Crippen LogP contribution in [0, 0.1) is 0 Å². The summed E-state index contributed by atoms with van der Waals surface area (Å²) >= 11 is 0. The van der Waals surface area contributed by atoms with Crippen LogP contribution in [-0.4, -0.2) is 38.7 Å². The summed E-state index contributed by atoms with van der Waals surface area (Å²) in [7, 11) is 1.48. The Morgan fingerprint density at radius 3 is 2.95 bits per heavy atom. The molecule has 2 aromatic rings. The second kappa shape index (κ2) is 5.34. The van der Waals surface area contributed by atoms with Crippen molar-refractivity contribution in [2.45, 2.75) is 13.0 Å². The Hall–Kier alpha value is -2.64. The molecular formula is C11H13N5O3. The summed E-state index contributed by atoms with van der Waals surface area (Å²) in [4.78, 5) is 12.0. The number of carbonyl (C=O) groups is 1. The lowest BCUT2D eigenvalue weighted by Crippen LogP contribution is -2.27. The number of nitrogens with one attached hydrogen (secondary N) is 2. The normalized spacial score (nSPS) is 11.9. The smallest absolute Gasteiger partial charge is 0.255 e. The van der Waals surface area contributed by atoms with Crippen molar-refractivity contribution in [3.05, 3.63) is 29.6 Å². The van der Waals surface area contributed by atoms with Crippen LogP contribution in [0.5, 0.6) is 11.5 Å². The molecule has 0 aliphatic rings. The van der Waals surface area contributed by atoms with Crippen LogP contribution in [0.25, 0.3) is 0 Å². The topological polar surface area (TPSA) is 113 Å². The van der Waals surface area contributed by atoms with Crippen molar-refractivity contribution in [3.63, 3.8) is 0 Å². The summed E-state index contributed by atoms with van der Waals surface area (Å²) in [5.74, 6) is 0.262. The second-order valence-electron chi connectivity index (χ2n) is 3.85. The Balaban J connectivity index is 2.16. The first-order chi connectivity index (χ1) is 9.11. The van der Waals surface area contributed by atoms with Crippen LogP contribution >= 0.6 is 0 Å². The second-order valence-corrected chi connectivity index (χ2v) is 3.85. The summed E-state index contributed by atoms with van der Waals surface area (Å²) in [5, 5.41) is 25.6. The van der Waals surface area contributed by atoms with Crippen molar-refractivity contribution in [3.8, 4) is 11.5 Å². The number of hydrogen-bond acceptors (Lipinski definition) is 6. The summed E-state index contributed by atoms with van der Waals surface area (Å²) in [6.07, 6.45) is 0. The van der Waals surface area contributed by atoms with E-state index in [1.807, 2.05) is 0 Å². The highest BCUT2D eigenvalue weighted by molar-refractivity contribution is 5.97. The largest absolute Gasteiger partial charge is 0.507 e. The fourth-order valence-electron chi connectivity index (χ4n) is 1.52. The molecule has 0 bridgehead atoms. The molecule has 0 radical (unpaired) electrons. The fraction of sp³-hybridized carbons (Fsp3) is 0.273. The van der Waals surface area contributed by atoms with E-state index in [1.54, 1.807) is 13.0 Å². The number of phenols is 1. The van der Waals surface area contributed by atoms with Crippen molar-refractivity contribution >= 4 is 5.91 Å². The van der Waals surface area contributed by atoms with Crippen molar-refractivity contribution in [2.24, 2.45) is 0 Å². The fourth-order valence-corrected chi connectivity index (χ4v) is 1.52. The van der Waals surface area contributed by atoms with Crippen LogP contribution < -0.4 is 10.1 Å². The molecule has 1 atom stereocenters. The van der Waals surface area contributed by atoms with Crippen molar-refractivity contribution < 1.29 is 14.6 Å². The minimum Gasteiger partial charge on any atom is -0.507 e. The summed E-state index contributed by atoms with van der Waals surface area (Å²) in [6.45, 7) is 1.71. The van der Waals surface area contributed by atoms with Gasteiger partial charge in [-0.25, -0.2) is 0 Å². The molecule has 19 heavy (non-hydrogen) atoms. The van der Waals surface area contributed by atoms with Gasteiger partial charge in [-0.1, -0.05) is 5.21 Å². The van der Waals surface area contributed by atoms with Gasteiger partial charge in [0.2, 0.25) is 0 Å². The molecule has 1 aromatic carbocycles. The number of phenolic OH excluding ortho intramolecular Hbond substituents is 1. The third-order valence-corrected chi connectivity index (χ3v) is 2.54. The number of tetrazole rings is 1. The molecular weight excluding hydrogens is 250 g/mol. The molecule has 3 N–H and O–H groups in total. The highest BCUT2D eigenvalue weighted by Crippen LogP contribution is 2.23. The van der Waals surface area contributed by atoms with E-state index in [0.717, 1.165) is 0 Å². The predicted octanol–water partition coefficient (Wildman–Crippen LogP) is 0.405. The van der Waals surface area contributed by atoms with Gasteiger partial charge in [0.25, 0.3) is 5.91 Å². The van der Waals surface area contributed by atoms with Gasteiger partial charge in [-0.05, 0) is 25.1 Å². The Labute approximate surface area is 108 Å². The highest BCUT2D eigenvalue weighted by Gasteiger charge is 2.17. The average molecular weight is 263 g/mol. The Morgan fingerprint density at radius 1 is 1.53 bits per heavy atom. The number of hydrogen-bond donors (Lipinski definition) is 3. The van der Waals surface area contributed by atoms with Gasteiger partial charge in [0.1, 0.15) is 11.5 Å². The number of aromatic hydroxyl groups is 1.